The maximum atomic E-state index is 7.05. The van der Waals surface area contributed by atoms with E-state index in [0.717, 1.165) is 39.0 Å². The molecule has 16 rings (SSSR count). The minimum atomic E-state index is -0.153. The molecule has 2 aromatic heterocycles. The highest BCUT2D eigenvalue weighted by molar-refractivity contribution is 6.88. The molecule has 4 heteroatoms. The summed E-state index contributed by atoms with van der Waals surface area (Å²) < 4.78 is 9.76. The monoisotopic (exact) mass is 986 g/mol. The van der Waals surface area contributed by atoms with Gasteiger partial charge in [0.2, 0.25) is 0 Å². The van der Waals surface area contributed by atoms with Gasteiger partial charge in [0.05, 0.1) is 5.39 Å². The van der Waals surface area contributed by atoms with E-state index in [1.807, 2.05) is 0 Å². The zero-order valence-corrected chi connectivity index (χ0v) is 44.2. The number of hydrogen-bond acceptors (Lipinski definition) is 2. The lowest BCUT2D eigenvalue weighted by Crippen LogP contribution is -2.57. The number of furan rings is 1. The van der Waals surface area contributed by atoms with E-state index in [9.17, 15) is 0 Å². The molecule has 12 aromatic carbocycles. The van der Waals surface area contributed by atoms with Gasteiger partial charge in [-0.15, -0.1) is 0 Å². The molecular weight excluding hydrogens is 932 g/mol. The molecule has 1 atom stereocenters. The van der Waals surface area contributed by atoms with Crippen molar-refractivity contribution in [1.82, 2.24) is 4.48 Å². The summed E-state index contributed by atoms with van der Waals surface area (Å²) in [6.07, 6.45) is 0. The maximum absolute atomic E-state index is 7.05. The molecule has 2 aliphatic rings. The summed E-state index contributed by atoms with van der Waals surface area (Å²) in [5, 5.41) is 14.9. The van der Waals surface area contributed by atoms with Gasteiger partial charge in [-0.25, -0.2) is 0 Å². The van der Waals surface area contributed by atoms with Gasteiger partial charge in [-0.2, -0.15) is 0 Å². The third kappa shape index (κ3) is 6.39. The maximum Gasteiger partial charge on any atom is 0.329 e. The minimum absolute atomic E-state index is 0.0891. The quantitative estimate of drug-likeness (QED) is 0.0995. The van der Waals surface area contributed by atoms with Crippen molar-refractivity contribution in [3.8, 4) is 11.1 Å². The third-order valence-electron chi connectivity index (χ3n) is 17.5. The first-order valence-corrected chi connectivity index (χ1v) is 27.4. The van der Waals surface area contributed by atoms with Crippen molar-refractivity contribution in [1.29, 1.82) is 0 Å². The van der Waals surface area contributed by atoms with Crippen LogP contribution in [0.25, 0.3) is 98.0 Å². The Labute approximate surface area is 448 Å². The average Bonchev–Trinajstić information content (AvgIpc) is 4.24. The van der Waals surface area contributed by atoms with Crippen molar-refractivity contribution in [3.05, 3.63) is 246 Å². The van der Waals surface area contributed by atoms with E-state index in [-0.39, 0.29) is 23.6 Å². The lowest BCUT2D eigenvalue weighted by atomic mass is 9.41. The van der Waals surface area contributed by atoms with Crippen LogP contribution in [0.4, 0.5) is 17.1 Å². The first-order valence-electron chi connectivity index (χ1n) is 27.4. The van der Waals surface area contributed by atoms with E-state index in [2.05, 4.69) is 269 Å². The Morgan fingerprint density at radius 3 is 1.57 bits per heavy atom. The van der Waals surface area contributed by atoms with Gasteiger partial charge in [-0.3, -0.25) is 0 Å². The van der Waals surface area contributed by atoms with Crippen molar-refractivity contribution in [2.24, 2.45) is 0 Å². The summed E-state index contributed by atoms with van der Waals surface area (Å²) in [5.74, 6) is -0.113. The molecule has 2 aliphatic heterocycles. The smallest absolute Gasteiger partial charge is 0.329 e. The van der Waals surface area contributed by atoms with Crippen LogP contribution in [0.15, 0.2) is 223 Å². The van der Waals surface area contributed by atoms with Crippen molar-refractivity contribution < 1.29 is 4.42 Å². The zero-order chi connectivity index (χ0) is 51.6. The van der Waals surface area contributed by atoms with E-state index in [0.29, 0.717) is 0 Å². The van der Waals surface area contributed by atoms with E-state index < -0.39 is 0 Å². The second-order valence-corrected chi connectivity index (χ2v) is 24.0. The SMILES string of the molecule is CC(C)(C)c1cc(C2c3cc4cc5c6ccccc6c6ccccc6c5cc4cc3B3c4c(cc(N(c5ccccc5)c5ccccc5)cc42)-c2cc4c5ccccc5oc4c4c5ccccc5n3c24)cc(C(C)(C)C)c1. The van der Waals surface area contributed by atoms with E-state index >= 15 is 0 Å². The second-order valence-electron chi connectivity index (χ2n) is 24.0. The summed E-state index contributed by atoms with van der Waals surface area (Å²) in [6.45, 7) is 14.1. The minimum Gasteiger partial charge on any atom is -0.455 e. The van der Waals surface area contributed by atoms with Gasteiger partial charge in [0, 0.05) is 55.7 Å². The first-order chi connectivity index (χ1) is 37.5. The molecule has 4 heterocycles. The molecule has 3 nitrogen and oxygen atoms in total. The van der Waals surface area contributed by atoms with Crippen molar-refractivity contribution in [2.45, 2.75) is 58.3 Å². The van der Waals surface area contributed by atoms with Crippen LogP contribution in [-0.2, 0) is 10.8 Å². The van der Waals surface area contributed by atoms with Gasteiger partial charge in [0.15, 0.2) is 0 Å². The molecule has 0 bridgehead atoms. The molecule has 0 amide bonds. The topological polar surface area (TPSA) is 21.3 Å². The van der Waals surface area contributed by atoms with Crippen LogP contribution in [0.3, 0.4) is 0 Å². The van der Waals surface area contributed by atoms with Gasteiger partial charge in [-0.05, 0) is 165 Å². The first kappa shape index (κ1) is 44.4. The number of aromatic nitrogens is 1. The summed E-state index contributed by atoms with van der Waals surface area (Å²) in [7, 11) is 0. The number of benzene rings is 12. The molecule has 0 aliphatic carbocycles. The molecule has 0 saturated heterocycles. The number of para-hydroxylation sites is 4. The Hall–Kier alpha value is -8.86. The average molecular weight is 987 g/mol. The summed E-state index contributed by atoms with van der Waals surface area (Å²) in [4.78, 5) is 2.47. The Morgan fingerprint density at radius 2 is 0.961 bits per heavy atom. The fourth-order valence-corrected chi connectivity index (χ4v) is 13.9. The Kier molecular flexibility index (Phi) is 9.15. The van der Waals surface area contributed by atoms with Crippen LogP contribution >= 0.6 is 0 Å². The van der Waals surface area contributed by atoms with Gasteiger partial charge in [-0.1, -0.05) is 193 Å². The lowest BCUT2D eigenvalue weighted by Gasteiger charge is -2.40. The van der Waals surface area contributed by atoms with Crippen LogP contribution in [0.2, 0.25) is 0 Å². The number of anilines is 3. The molecule has 0 fully saturated rings. The molecule has 0 saturated carbocycles. The number of hydrogen-bond donors (Lipinski definition) is 0. The fourth-order valence-electron chi connectivity index (χ4n) is 13.9. The summed E-state index contributed by atoms with van der Waals surface area (Å²) in [6, 6.07) is 82.9. The predicted octanol–water partition coefficient (Wildman–Crippen LogP) is 18.5. The van der Waals surface area contributed by atoms with Crippen LogP contribution in [0.5, 0.6) is 0 Å². The van der Waals surface area contributed by atoms with Gasteiger partial charge in [0.25, 0.3) is 0 Å². The van der Waals surface area contributed by atoms with E-state index in [1.165, 1.54) is 115 Å². The van der Waals surface area contributed by atoms with Crippen molar-refractivity contribution in [3.63, 3.8) is 0 Å². The molecule has 0 N–H and O–H groups in total. The van der Waals surface area contributed by atoms with Crippen molar-refractivity contribution in [2.75, 3.05) is 4.90 Å². The fraction of sp³-hybridized carbons (Fsp3) is 0.123. The number of fused-ring (bicyclic) bond motifs is 18. The lowest BCUT2D eigenvalue weighted by molar-refractivity contribution is 0.566. The Bertz CT molecular complexity index is 4770. The third-order valence-corrected chi connectivity index (χ3v) is 17.5. The molecule has 77 heavy (non-hydrogen) atoms. The van der Waals surface area contributed by atoms with Gasteiger partial charge >= 0.3 is 6.85 Å². The highest BCUT2D eigenvalue weighted by atomic mass is 16.3. The highest BCUT2D eigenvalue weighted by Crippen LogP contribution is 2.51. The highest BCUT2D eigenvalue weighted by Gasteiger charge is 2.45. The number of rotatable bonds is 4. The Morgan fingerprint density at radius 1 is 0.429 bits per heavy atom. The molecule has 0 spiro atoms. The Balaban J connectivity index is 1.11. The van der Waals surface area contributed by atoms with Crippen LogP contribution < -0.4 is 15.8 Å². The standard InChI is InChI=1S/C73H55BN2O/c1-72(2,3)46-33-45(34-47(39-46)73(4,5)6)67-62-37-43-35-57-53-27-15-13-25-51(53)52-26-14-16-28-54(52)58(57)36-44(43)38-64(62)74-69-59(40-50(41-63(67)69)75(48-21-9-7-10-22-48)49-23-11-8-12-24-49)60-42-61-55-29-18-20-32-66(55)77-71(61)68-56-30-17-19-31-65(56)76(74)70(60)68/h7-42,67H,1-6H3. The molecular formula is C73H55BN2O. The summed E-state index contributed by atoms with van der Waals surface area (Å²) >= 11 is 0. The predicted molar refractivity (Wildman–Crippen MR) is 329 cm³/mol. The van der Waals surface area contributed by atoms with Crippen LogP contribution in [0, 0.1) is 0 Å². The molecule has 14 aromatic rings. The van der Waals surface area contributed by atoms with Crippen LogP contribution in [0.1, 0.15) is 75.3 Å². The molecule has 1 unspecified atom stereocenters. The summed E-state index contributed by atoms with van der Waals surface area (Å²) in [5.41, 5.74) is 19.4. The largest absolute Gasteiger partial charge is 0.455 e. The van der Waals surface area contributed by atoms with Gasteiger partial charge in [0.1, 0.15) is 11.2 Å². The molecule has 366 valence electrons. The second kappa shape index (κ2) is 15.8. The number of nitrogens with zero attached hydrogens (tertiary/aromatic N) is 2. The van der Waals surface area contributed by atoms with E-state index in [1.54, 1.807) is 0 Å². The molecule has 0 radical (unpaired) electrons. The normalized spacial score (nSPS) is 14.2. The van der Waals surface area contributed by atoms with Crippen molar-refractivity contribution >= 4 is 122 Å². The van der Waals surface area contributed by atoms with E-state index in [4.69, 9.17) is 4.42 Å². The van der Waals surface area contributed by atoms with Crippen LogP contribution in [-0.4, -0.2) is 11.3 Å². The van der Waals surface area contributed by atoms with Gasteiger partial charge < -0.3 is 13.8 Å². The zero-order valence-electron chi connectivity index (χ0n) is 44.2.